The number of thiophene rings is 1. The highest BCUT2D eigenvalue weighted by Crippen LogP contribution is 2.27. The second kappa shape index (κ2) is 8.10. The molecule has 0 aliphatic carbocycles. The van der Waals surface area contributed by atoms with Crippen molar-refractivity contribution in [1.29, 1.82) is 0 Å². The lowest BCUT2D eigenvalue weighted by Crippen LogP contribution is -2.39. The maximum Gasteiger partial charge on any atom is 0.228 e. The molecule has 2 aromatic rings. The van der Waals surface area contributed by atoms with Crippen molar-refractivity contribution in [3.63, 3.8) is 0 Å². The van der Waals surface area contributed by atoms with Crippen LogP contribution in [0.25, 0.3) is 0 Å². The Morgan fingerprint density at radius 2 is 2.22 bits per heavy atom. The van der Waals surface area contributed by atoms with Gasteiger partial charge in [-0.05, 0) is 25.3 Å². The van der Waals surface area contributed by atoms with Crippen molar-refractivity contribution in [2.75, 3.05) is 19.6 Å². The summed E-state index contributed by atoms with van der Waals surface area (Å²) in [6.45, 7) is 10.6. The van der Waals surface area contributed by atoms with Crippen LogP contribution in [0.15, 0.2) is 27.0 Å². The smallest absolute Gasteiger partial charge is 0.228 e. The summed E-state index contributed by atoms with van der Waals surface area (Å²) < 4.78 is 5.11. The Morgan fingerprint density at radius 1 is 1.39 bits per heavy atom. The summed E-state index contributed by atoms with van der Waals surface area (Å²) in [6.07, 6.45) is 0.680. The summed E-state index contributed by atoms with van der Waals surface area (Å²) in [6, 6.07) is 4.25. The normalized spacial score (nSPS) is 12.4. The van der Waals surface area contributed by atoms with Gasteiger partial charge in [-0.3, -0.25) is 4.99 Å². The third-order valence-electron chi connectivity index (χ3n) is 3.37. The monoisotopic (exact) mass is 335 g/mol. The zero-order chi connectivity index (χ0) is 16.7. The van der Waals surface area contributed by atoms with Crippen molar-refractivity contribution < 1.29 is 4.52 Å². The second-order valence-corrected chi connectivity index (χ2v) is 6.92. The van der Waals surface area contributed by atoms with Crippen LogP contribution >= 0.6 is 11.3 Å². The maximum atomic E-state index is 5.11. The molecule has 2 aromatic heterocycles. The van der Waals surface area contributed by atoms with E-state index in [9.17, 15) is 0 Å². The highest BCUT2D eigenvalue weighted by atomic mass is 32.1. The lowest BCUT2D eigenvalue weighted by Gasteiger charge is -2.21. The average Bonchev–Trinajstić information content (AvgIpc) is 3.17. The number of nitrogens with zero attached hydrogens (tertiary/aromatic N) is 3. The molecule has 2 N–H and O–H groups in total. The van der Waals surface area contributed by atoms with E-state index < -0.39 is 0 Å². The maximum absolute atomic E-state index is 5.11. The summed E-state index contributed by atoms with van der Waals surface area (Å²) >= 11 is 1.77. The van der Waals surface area contributed by atoms with Crippen molar-refractivity contribution >= 4 is 17.3 Å². The second-order valence-electron chi connectivity index (χ2n) is 5.97. The first-order valence-electron chi connectivity index (χ1n) is 7.86. The van der Waals surface area contributed by atoms with Gasteiger partial charge in [-0.15, -0.1) is 11.3 Å². The Hall–Kier alpha value is -1.89. The molecular weight excluding hydrogens is 310 g/mol. The van der Waals surface area contributed by atoms with Crippen molar-refractivity contribution in [1.82, 2.24) is 20.8 Å². The molecular formula is C16H25N5OS. The van der Waals surface area contributed by atoms with E-state index in [1.54, 1.807) is 11.3 Å². The van der Waals surface area contributed by atoms with Gasteiger partial charge in [0.25, 0.3) is 0 Å². The van der Waals surface area contributed by atoms with Crippen molar-refractivity contribution in [2.45, 2.75) is 39.5 Å². The Kier molecular flexibility index (Phi) is 6.15. The molecule has 23 heavy (non-hydrogen) atoms. The zero-order valence-corrected chi connectivity index (χ0v) is 15.0. The topological polar surface area (TPSA) is 75.3 Å². The van der Waals surface area contributed by atoms with E-state index >= 15 is 0 Å². The van der Waals surface area contributed by atoms with Crippen LogP contribution in [0, 0.1) is 6.92 Å². The molecule has 2 heterocycles. The van der Waals surface area contributed by atoms with Crippen molar-refractivity contribution in [3.8, 4) is 0 Å². The quantitative estimate of drug-likeness (QED) is 0.601. The fraction of sp³-hybridized carbons (Fsp3) is 0.562. The minimum Gasteiger partial charge on any atom is -0.357 e. The van der Waals surface area contributed by atoms with Gasteiger partial charge in [-0.2, -0.15) is 4.98 Å². The van der Waals surface area contributed by atoms with E-state index in [0.717, 1.165) is 19.0 Å². The predicted octanol–water partition coefficient (Wildman–Crippen LogP) is 2.51. The summed E-state index contributed by atoms with van der Waals surface area (Å²) in [5, 5.41) is 12.5. The van der Waals surface area contributed by atoms with E-state index in [0.29, 0.717) is 24.7 Å². The standard InChI is InChI=1S/C16H25N5OS/c1-5-17-15(18-9-8-14-20-12(2)21-22-14)19-11-16(3,4)13-7-6-10-23-13/h6-7,10H,5,8-9,11H2,1-4H3,(H2,17,18,19). The van der Waals surface area contributed by atoms with Gasteiger partial charge in [0, 0.05) is 29.8 Å². The summed E-state index contributed by atoms with van der Waals surface area (Å²) in [5.74, 6) is 2.12. The molecule has 0 aromatic carbocycles. The largest absolute Gasteiger partial charge is 0.357 e. The Morgan fingerprint density at radius 3 is 2.83 bits per heavy atom. The molecule has 0 atom stereocenters. The van der Waals surface area contributed by atoms with Gasteiger partial charge in [0.1, 0.15) is 0 Å². The summed E-state index contributed by atoms with van der Waals surface area (Å²) in [4.78, 5) is 10.3. The molecule has 6 nitrogen and oxygen atoms in total. The summed E-state index contributed by atoms with van der Waals surface area (Å²) in [7, 11) is 0. The number of aromatic nitrogens is 2. The third kappa shape index (κ3) is 5.35. The first-order valence-corrected chi connectivity index (χ1v) is 8.74. The Balaban J connectivity index is 1.89. The van der Waals surface area contributed by atoms with Crippen molar-refractivity contribution in [3.05, 3.63) is 34.1 Å². The molecule has 2 rings (SSSR count). The van der Waals surface area contributed by atoms with E-state index in [-0.39, 0.29) is 5.41 Å². The minimum atomic E-state index is 0.0279. The SMILES string of the molecule is CCNC(=NCC(C)(C)c1cccs1)NCCc1nc(C)no1. The molecule has 0 saturated carbocycles. The predicted molar refractivity (Wildman–Crippen MR) is 94.1 cm³/mol. The Labute approximate surface area is 141 Å². The van der Waals surface area contributed by atoms with Crippen LogP contribution in [0.3, 0.4) is 0 Å². The van der Waals surface area contributed by atoms with Crippen LogP contribution < -0.4 is 10.6 Å². The average molecular weight is 335 g/mol. The molecule has 126 valence electrons. The molecule has 0 radical (unpaired) electrons. The Bertz CT molecular complexity index is 618. The lowest BCUT2D eigenvalue weighted by molar-refractivity contribution is 0.374. The molecule has 0 bridgehead atoms. The van der Waals surface area contributed by atoms with Gasteiger partial charge in [0.05, 0.1) is 6.54 Å². The molecule has 0 fully saturated rings. The van der Waals surface area contributed by atoms with Crippen LogP contribution in [0.5, 0.6) is 0 Å². The zero-order valence-electron chi connectivity index (χ0n) is 14.2. The molecule has 0 aliphatic heterocycles. The van der Waals surface area contributed by atoms with Crippen LogP contribution in [0.2, 0.25) is 0 Å². The van der Waals surface area contributed by atoms with Crippen LogP contribution in [0.1, 0.15) is 37.4 Å². The molecule has 0 unspecified atom stereocenters. The van der Waals surface area contributed by atoms with Gasteiger partial charge < -0.3 is 15.2 Å². The highest BCUT2D eigenvalue weighted by molar-refractivity contribution is 7.10. The number of rotatable bonds is 7. The van der Waals surface area contributed by atoms with Gasteiger partial charge in [0.2, 0.25) is 5.89 Å². The van der Waals surface area contributed by atoms with Gasteiger partial charge in [0.15, 0.2) is 11.8 Å². The lowest BCUT2D eigenvalue weighted by atomic mass is 9.92. The number of nitrogens with one attached hydrogen (secondary N) is 2. The van der Waals surface area contributed by atoms with E-state index in [1.807, 2.05) is 6.92 Å². The number of aliphatic imine (C=N–C) groups is 1. The summed E-state index contributed by atoms with van der Waals surface area (Å²) in [5.41, 5.74) is 0.0279. The first kappa shape index (κ1) is 17.5. The van der Waals surface area contributed by atoms with E-state index in [4.69, 9.17) is 9.52 Å². The number of hydrogen-bond donors (Lipinski definition) is 2. The molecule has 0 aliphatic rings. The number of aryl methyl sites for hydroxylation is 1. The fourth-order valence-electron chi connectivity index (χ4n) is 2.09. The third-order valence-corrected chi connectivity index (χ3v) is 4.60. The fourth-order valence-corrected chi connectivity index (χ4v) is 2.93. The highest BCUT2D eigenvalue weighted by Gasteiger charge is 2.21. The van der Waals surface area contributed by atoms with Crippen LogP contribution in [-0.4, -0.2) is 35.7 Å². The van der Waals surface area contributed by atoms with E-state index in [2.05, 4.69) is 59.1 Å². The number of hydrogen-bond acceptors (Lipinski definition) is 5. The van der Waals surface area contributed by atoms with Crippen molar-refractivity contribution in [2.24, 2.45) is 4.99 Å². The van der Waals surface area contributed by atoms with Gasteiger partial charge in [-0.25, -0.2) is 0 Å². The van der Waals surface area contributed by atoms with Gasteiger partial charge >= 0.3 is 0 Å². The van der Waals surface area contributed by atoms with E-state index in [1.165, 1.54) is 4.88 Å². The van der Waals surface area contributed by atoms with Crippen LogP contribution in [0.4, 0.5) is 0 Å². The minimum absolute atomic E-state index is 0.0279. The first-order chi connectivity index (χ1) is 11.0. The number of guanidine groups is 1. The molecule has 7 heteroatoms. The molecule has 0 saturated heterocycles. The van der Waals surface area contributed by atoms with Crippen LogP contribution in [-0.2, 0) is 11.8 Å². The molecule has 0 amide bonds. The molecule has 0 spiro atoms. The van der Waals surface area contributed by atoms with Gasteiger partial charge in [-0.1, -0.05) is 25.1 Å².